The van der Waals surface area contributed by atoms with Gasteiger partial charge in [-0.3, -0.25) is 4.79 Å². The monoisotopic (exact) mass is 678 g/mol. The summed E-state index contributed by atoms with van der Waals surface area (Å²) < 4.78 is 6.53. The number of carbonyl (C=O) groups excluding carboxylic acids is 5. The highest BCUT2D eigenvalue weighted by molar-refractivity contribution is 9.10. The second-order valence-corrected chi connectivity index (χ2v) is 13.0. The predicted molar refractivity (Wildman–Crippen MR) is 174 cm³/mol. The first-order chi connectivity index (χ1) is 21.8. The second-order valence-electron chi connectivity index (χ2n) is 12.1. The Labute approximate surface area is 271 Å². The molecule has 2 aromatic rings. The van der Waals surface area contributed by atoms with Crippen LogP contribution >= 0.6 is 15.9 Å². The Balaban J connectivity index is 1.57. The van der Waals surface area contributed by atoms with E-state index >= 15 is 0 Å². The van der Waals surface area contributed by atoms with E-state index in [0.717, 1.165) is 37.5 Å². The molecule has 1 saturated heterocycles. The van der Waals surface area contributed by atoms with Gasteiger partial charge in [0.2, 0.25) is 0 Å². The molecule has 45 heavy (non-hydrogen) atoms. The van der Waals surface area contributed by atoms with Gasteiger partial charge in [0.15, 0.2) is 5.76 Å². The topological polar surface area (TPSA) is 147 Å². The average Bonchev–Trinajstić information content (AvgIpc) is 3.69. The first-order valence-corrected chi connectivity index (χ1v) is 16.3. The van der Waals surface area contributed by atoms with E-state index in [2.05, 4.69) is 37.2 Å². The number of rotatable bonds is 14. The Kier molecular flexibility index (Phi) is 12.2. The summed E-state index contributed by atoms with van der Waals surface area (Å²) in [6.45, 7) is 4.35. The first kappa shape index (κ1) is 33.8. The van der Waals surface area contributed by atoms with Gasteiger partial charge in [0.05, 0.1) is 28.3 Å². The minimum Gasteiger partial charge on any atom is -0.450 e. The summed E-state index contributed by atoms with van der Waals surface area (Å²) in [5, 5.41) is 13.0. The Morgan fingerprint density at radius 3 is 2.42 bits per heavy atom. The molecule has 11 heteroatoms. The van der Waals surface area contributed by atoms with Gasteiger partial charge in [0.1, 0.15) is 40.7 Å². The summed E-state index contributed by atoms with van der Waals surface area (Å²) >= 11 is 3.44. The number of fused-ring (bicyclic) bond motifs is 1. The maximum absolute atomic E-state index is 13.3. The molecule has 0 unspecified atom stereocenters. The number of allylic oxidation sites excluding steroid dienone is 1. The van der Waals surface area contributed by atoms with Gasteiger partial charge in [0.25, 0.3) is 5.91 Å². The quantitative estimate of drug-likeness (QED) is 0.214. The number of nitrogens with one attached hydrogen (secondary N) is 4. The number of hydrogen-bond donors (Lipinski definition) is 4. The highest BCUT2D eigenvalue weighted by Gasteiger charge is 2.31. The van der Waals surface area contributed by atoms with Gasteiger partial charge in [-0.2, -0.15) is 0 Å². The SMILES string of the molecule is CC(C)[C@H](NC(=O)c1cc2cccc(Br)c2o1)C(=C=O)N[C@@H](CC1CCCCC1)C(=C=O)N[C@H](C=C=O)C[C@@H]1CCNC1=C=O. The standard InChI is InChI=1S/C34H39BrN4O6/c1-21(2)32(39-34(44)31-17-24-9-6-10-26(35)33(24)45-31)30(20-43)38-27(15-22-7-4-3-5-8-22)29(19-42)37-25(12-14-40)16-23-11-13-36-28(23)18-41/h6,9-10,12,17,21-23,25,27,32,36-38H,3-5,7-8,11,13,15-16H2,1-2H3,(H,39,44)/t23-,25+,27-,32-/m0/s1. The third-order valence-corrected chi connectivity index (χ3v) is 9.28. The van der Waals surface area contributed by atoms with Crippen molar-refractivity contribution in [2.45, 2.75) is 83.3 Å². The first-order valence-electron chi connectivity index (χ1n) is 15.5. The van der Waals surface area contributed by atoms with Crippen LogP contribution in [0.4, 0.5) is 0 Å². The van der Waals surface area contributed by atoms with Crippen LogP contribution in [0.3, 0.4) is 0 Å². The molecular formula is C34H39BrN4O6. The van der Waals surface area contributed by atoms with E-state index < -0.39 is 24.0 Å². The average molecular weight is 680 g/mol. The molecule has 10 nitrogen and oxygen atoms in total. The molecule has 0 radical (unpaired) electrons. The van der Waals surface area contributed by atoms with Crippen molar-refractivity contribution in [3.05, 3.63) is 57.7 Å². The third kappa shape index (κ3) is 8.76. The lowest BCUT2D eigenvalue weighted by Crippen LogP contribution is -2.49. The molecule has 1 aliphatic heterocycles. The number of benzene rings is 1. The molecule has 0 bridgehead atoms. The zero-order valence-corrected chi connectivity index (χ0v) is 27.1. The largest absolute Gasteiger partial charge is 0.450 e. The number of amides is 1. The van der Waals surface area contributed by atoms with Crippen molar-refractivity contribution in [3.8, 4) is 0 Å². The van der Waals surface area contributed by atoms with E-state index in [1.165, 1.54) is 6.08 Å². The zero-order chi connectivity index (χ0) is 32.3. The number of hydrogen-bond acceptors (Lipinski definition) is 9. The highest BCUT2D eigenvalue weighted by atomic mass is 79.9. The van der Waals surface area contributed by atoms with Crippen LogP contribution in [0.15, 0.2) is 56.3 Å². The van der Waals surface area contributed by atoms with Crippen molar-refractivity contribution in [1.29, 1.82) is 0 Å². The molecule has 1 amide bonds. The predicted octanol–water partition coefficient (Wildman–Crippen LogP) is 4.37. The second kappa shape index (κ2) is 16.3. The van der Waals surface area contributed by atoms with Crippen LogP contribution in [0.2, 0.25) is 0 Å². The van der Waals surface area contributed by atoms with Gasteiger partial charge in [-0.15, -0.1) is 0 Å². The summed E-state index contributed by atoms with van der Waals surface area (Å²) in [5.41, 5.74) is 1.20. The maximum Gasteiger partial charge on any atom is 0.287 e. The van der Waals surface area contributed by atoms with Crippen molar-refractivity contribution >= 4 is 56.6 Å². The normalized spacial score (nSPS) is 18.4. The van der Waals surface area contributed by atoms with Gasteiger partial charge in [0, 0.05) is 23.9 Å². The van der Waals surface area contributed by atoms with E-state index in [9.17, 15) is 24.0 Å². The van der Waals surface area contributed by atoms with Gasteiger partial charge in [-0.05, 0) is 59.2 Å². The maximum atomic E-state index is 13.3. The molecule has 2 aliphatic rings. The van der Waals surface area contributed by atoms with Crippen LogP contribution in [0.5, 0.6) is 0 Å². The van der Waals surface area contributed by atoms with E-state index in [1.807, 2.05) is 49.9 Å². The van der Waals surface area contributed by atoms with Crippen LogP contribution in [-0.2, 0) is 19.2 Å². The van der Waals surface area contributed by atoms with Crippen LogP contribution in [0, 0.1) is 17.8 Å². The van der Waals surface area contributed by atoms with E-state index in [0.29, 0.717) is 47.5 Å². The van der Waals surface area contributed by atoms with E-state index in [4.69, 9.17) is 4.42 Å². The summed E-state index contributed by atoms with van der Waals surface area (Å²) in [4.78, 5) is 61.1. The van der Waals surface area contributed by atoms with Crippen LogP contribution < -0.4 is 21.3 Å². The summed E-state index contributed by atoms with van der Waals surface area (Å²) in [7, 11) is 0. The molecule has 2 fully saturated rings. The van der Waals surface area contributed by atoms with Crippen molar-refractivity contribution in [2.24, 2.45) is 17.8 Å². The Hall–Kier alpha value is -4.09. The van der Waals surface area contributed by atoms with E-state index in [-0.39, 0.29) is 29.0 Å². The van der Waals surface area contributed by atoms with Crippen LogP contribution in [0.25, 0.3) is 11.0 Å². The van der Waals surface area contributed by atoms with E-state index in [1.54, 1.807) is 12.0 Å². The fourth-order valence-corrected chi connectivity index (χ4v) is 6.75. The Morgan fingerprint density at radius 1 is 1.02 bits per heavy atom. The molecule has 4 atom stereocenters. The minimum absolute atomic E-state index is 0.0830. The van der Waals surface area contributed by atoms with Crippen molar-refractivity contribution < 1.29 is 28.4 Å². The molecule has 2 heterocycles. The molecule has 1 saturated carbocycles. The zero-order valence-electron chi connectivity index (χ0n) is 25.5. The van der Waals surface area contributed by atoms with Crippen molar-refractivity contribution in [3.63, 3.8) is 0 Å². The smallest absolute Gasteiger partial charge is 0.287 e. The Bertz CT molecular complexity index is 1570. The molecule has 4 rings (SSSR count). The number of halogens is 1. The summed E-state index contributed by atoms with van der Waals surface area (Å²) in [5.74, 6) is 7.22. The lowest BCUT2D eigenvalue weighted by Gasteiger charge is -2.32. The van der Waals surface area contributed by atoms with Gasteiger partial charge in [-0.1, -0.05) is 58.1 Å². The van der Waals surface area contributed by atoms with Gasteiger partial charge < -0.3 is 25.7 Å². The lowest BCUT2D eigenvalue weighted by molar-refractivity contribution is 0.0906. The fourth-order valence-electron chi connectivity index (χ4n) is 6.28. The molecule has 1 aromatic carbocycles. The molecule has 238 valence electrons. The Morgan fingerprint density at radius 2 is 1.78 bits per heavy atom. The van der Waals surface area contributed by atoms with Crippen molar-refractivity contribution in [2.75, 3.05) is 6.54 Å². The van der Waals surface area contributed by atoms with Gasteiger partial charge in [-0.25, -0.2) is 19.2 Å². The molecule has 0 spiro atoms. The van der Waals surface area contributed by atoms with Gasteiger partial charge >= 0.3 is 0 Å². The van der Waals surface area contributed by atoms with Crippen molar-refractivity contribution in [1.82, 2.24) is 21.3 Å². The fraction of sp³-hybridized carbons (Fsp3) is 0.500. The summed E-state index contributed by atoms with van der Waals surface area (Å²) in [6.07, 6.45) is 8.13. The number of furan rings is 1. The third-order valence-electron chi connectivity index (χ3n) is 8.65. The molecular weight excluding hydrogens is 640 g/mol. The molecule has 1 aliphatic carbocycles. The minimum atomic E-state index is -0.774. The lowest BCUT2D eigenvalue weighted by atomic mass is 9.84. The van der Waals surface area contributed by atoms with Crippen LogP contribution in [-0.4, -0.2) is 54.3 Å². The number of carbonyl (C=O) groups is 1. The molecule has 1 aromatic heterocycles. The molecule has 4 N–H and O–H groups in total. The highest BCUT2D eigenvalue weighted by Crippen LogP contribution is 2.30. The number of para-hydroxylation sites is 1. The van der Waals surface area contributed by atoms with Crippen LogP contribution in [0.1, 0.15) is 75.8 Å². The summed E-state index contributed by atoms with van der Waals surface area (Å²) in [6, 6.07) is 5.07.